The van der Waals surface area contributed by atoms with E-state index in [1.807, 2.05) is 0 Å². The molecule has 1 fully saturated rings. The molecule has 2 rings (SSSR count). The van der Waals surface area contributed by atoms with E-state index in [2.05, 4.69) is 65.8 Å². The molecule has 5 heteroatoms. The zero-order valence-corrected chi connectivity index (χ0v) is 14.6. The fourth-order valence-corrected chi connectivity index (χ4v) is 2.61. The Kier molecular flexibility index (Phi) is 7.20. The Morgan fingerprint density at radius 1 is 1.26 bits per heavy atom. The van der Waals surface area contributed by atoms with Gasteiger partial charge in [-0.15, -0.1) is 0 Å². The Labute approximate surface area is 140 Å². The van der Waals surface area contributed by atoms with Gasteiger partial charge in [-0.1, -0.05) is 12.1 Å². The van der Waals surface area contributed by atoms with Crippen molar-refractivity contribution in [3.05, 3.63) is 29.8 Å². The first-order valence-corrected chi connectivity index (χ1v) is 8.59. The van der Waals surface area contributed by atoms with Gasteiger partial charge in [0, 0.05) is 39.5 Å². The van der Waals surface area contributed by atoms with Crippen LogP contribution in [-0.4, -0.2) is 52.4 Å². The fourth-order valence-electron chi connectivity index (χ4n) is 2.61. The van der Waals surface area contributed by atoms with Gasteiger partial charge in [0.15, 0.2) is 5.96 Å². The van der Waals surface area contributed by atoms with Gasteiger partial charge >= 0.3 is 0 Å². The van der Waals surface area contributed by atoms with Gasteiger partial charge in [-0.05, 0) is 43.9 Å². The Morgan fingerprint density at radius 2 is 2.04 bits per heavy atom. The molecule has 128 valence electrons. The molecule has 1 aromatic rings. The number of anilines is 1. The average Bonchev–Trinajstić information content (AvgIpc) is 3.06. The number of guanidine groups is 1. The second-order valence-corrected chi connectivity index (χ2v) is 6.09. The Hall–Kier alpha value is -1.75. The van der Waals surface area contributed by atoms with Crippen LogP contribution in [0, 0.1) is 0 Å². The van der Waals surface area contributed by atoms with Crippen LogP contribution in [0.15, 0.2) is 29.3 Å². The number of nitrogens with one attached hydrogen (secondary N) is 2. The summed E-state index contributed by atoms with van der Waals surface area (Å²) in [6, 6.07) is 8.69. The van der Waals surface area contributed by atoms with Crippen LogP contribution in [0.3, 0.4) is 0 Å². The first-order valence-electron chi connectivity index (χ1n) is 8.59. The molecule has 5 nitrogen and oxygen atoms in total. The van der Waals surface area contributed by atoms with Crippen LogP contribution in [0.1, 0.15) is 25.3 Å². The van der Waals surface area contributed by atoms with E-state index in [9.17, 15) is 0 Å². The molecule has 0 aromatic heterocycles. The second kappa shape index (κ2) is 9.40. The third-order valence-corrected chi connectivity index (χ3v) is 3.98. The molecular formula is C18H30N4O. The van der Waals surface area contributed by atoms with Gasteiger partial charge < -0.3 is 20.3 Å². The van der Waals surface area contributed by atoms with Crippen molar-refractivity contribution < 1.29 is 4.74 Å². The SMILES string of the molecule is CCNC(=NCC1CCCO1)NCCc1ccc(N(C)C)cc1. The molecule has 1 atom stereocenters. The summed E-state index contributed by atoms with van der Waals surface area (Å²) in [7, 11) is 4.12. The third kappa shape index (κ3) is 6.10. The maximum atomic E-state index is 5.62. The predicted octanol–water partition coefficient (Wildman–Crippen LogP) is 2.03. The van der Waals surface area contributed by atoms with Gasteiger partial charge in [0.1, 0.15) is 0 Å². The molecule has 0 aliphatic carbocycles. The fraction of sp³-hybridized carbons (Fsp3) is 0.611. The minimum Gasteiger partial charge on any atom is -0.378 e. The molecule has 0 radical (unpaired) electrons. The molecule has 1 saturated heterocycles. The number of nitrogens with zero attached hydrogens (tertiary/aromatic N) is 2. The van der Waals surface area contributed by atoms with E-state index < -0.39 is 0 Å². The largest absolute Gasteiger partial charge is 0.378 e. The lowest BCUT2D eigenvalue weighted by atomic mass is 10.1. The Bertz CT molecular complexity index is 478. The van der Waals surface area contributed by atoms with Crippen LogP contribution in [0.25, 0.3) is 0 Å². The normalized spacial score (nSPS) is 18.0. The molecule has 1 unspecified atom stereocenters. The van der Waals surface area contributed by atoms with E-state index in [4.69, 9.17) is 4.74 Å². The van der Waals surface area contributed by atoms with Crippen LogP contribution in [0.5, 0.6) is 0 Å². The van der Waals surface area contributed by atoms with Crippen molar-refractivity contribution in [2.75, 3.05) is 45.2 Å². The number of hydrogen-bond donors (Lipinski definition) is 2. The van der Waals surface area contributed by atoms with Gasteiger partial charge in [0.25, 0.3) is 0 Å². The van der Waals surface area contributed by atoms with Crippen molar-refractivity contribution in [3.63, 3.8) is 0 Å². The molecule has 0 bridgehead atoms. The molecule has 1 aliphatic rings. The highest BCUT2D eigenvalue weighted by molar-refractivity contribution is 5.79. The summed E-state index contributed by atoms with van der Waals surface area (Å²) < 4.78 is 5.62. The summed E-state index contributed by atoms with van der Waals surface area (Å²) in [6.45, 7) is 5.46. The molecule has 1 aromatic carbocycles. The van der Waals surface area contributed by atoms with Crippen molar-refractivity contribution in [2.24, 2.45) is 4.99 Å². The first kappa shape index (κ1) is 17.6. The lowest BCUT2D eigenvalue weighted by Crippen LogP contribution is -2.38. The van der Waals surface area contributed by atoms with E-state index in [-0.39, 0.29) is 0 Å². The summed E-state index contributed by atoms with van der Waals surface area (Å²) in [5.41, 5.74) is 2.56. The Balaban J connectivity index is 1.77. The minimum atomic E-state index is 0.295. The van der Waals surface area contributed by atoms with Crippen molar-refractivity contribution in [2.45, 2.75) is 32.3 Å². The summed E-state index contributed by atoms with van der Waals surface area (Å²) in [4.78, 5) is 6.74. The van der Waals surface area contributed by atoms with Crippen LogP contribution in [-0.2, 0) is 11.2 Å². The summed E-state index contributed by atoms with van der Waals surface area (Å²) in [5.74, 6) is 0.882. The smallest absolute Gasteiger partial charge is 0.191 e. The summed E-state index contributed by atoms with van der Waals surface area (Å²) >= 11 is 0. The number of hydrogen-bond acceptors (Lipinski definition) is 3. The molecule has 23 heavy (non-hydrogen) atoms. The number of ether oxygens (including phenoxy) is 1. The minimum absolute atomic E-state index is 0.295. The van der Waals surface area contributed by atoms with E-state index >= 15 is 0 Å². The zero-order chi connectivity index (χ0) is 16.5. The standard InChI is InChI=1S/C18H30N4O/c1-4-19-18(21-14-17-6-5-13-23-17)20-12-11-15-7-9-16(10-8-15)22(2)3/h7-10,17H,4-6,11-14H2,1-3H3,(H2,19,20,21). The third-order valence-electron chi connectivity index (χ3n) is 3.98. The van der Waals surface area contributed by atoms with Crippen molar-refractivity contribution in [3.8, 4) is 0 Å². The molecular weight excluding hydrogens is 288 g/mol. The van der Waals surface area contributed by atoms with Crippen LogP contribution >= 0.6 is 0 Å². The summed E-state index contributed by atoms with van der Waals surface area (Å²) in [6.07, 6.45) is 3.57. The van der Waals surface area contributed by atoms with Crippen LogP contribution in [0.4, 0.5) is 5.69 Å². The zero-order valence-electron chi connectivity index (χ0n) is 14.6. The van der Waals surface area contributed by atoms with E-state index in [1.165, 1.54) is 11.3 Å². The predicted molar refractivity (Wildman–Crippen MR) is 97.4 cm³/mol. The lowest BCUT2D eigenvalue weighted by Gasteiger charge is -2.14. The monoisotopic (exact) mass is 318 g/mol. The number of rotatable bonds is 7. The number of benzene rings is 1. The quantitative estimate of drug-likeness (QED) is 0.597. The maximum absolute atomic E-state index is 5.62. The molecule has 2 N–H and O–H groups in total. The first-order chi connectivity index (χ1) is 11.2. The highest BCUT2D eigenvalue weighted by atomic mass is 16.5. The van der Waals surface area contributed by atoms with Gasteiger partial charge in [-0.25, -0.2) is 0 Å². The number of aliphatic imine (C=N–C) groups is 1. The van der Waals surface area contributed by atoms with Crippen molar-refractivity contribution in [1.82, 2.24) is 10.6 Å². The highest BCUT2D eigenvalue weighted by Crippen LogP contribution is 2.13. The van der Waals surface area contributed by atoms with Gasteiger partial charge in [0.2, 0.25) is 0 Å². The van der Waals surface area contributed by atoms with E-state index in [0.717, 1.165) is 51.5 Å². The highest BCUT2D eigenvalue weighted by Gasteiger charge is 2.14. The molecule has 1 heterocycles. The molecule has 0 spiro atoms. The van der Waals surface area contributed by atoms with E-state index in [0.29, 0.717) is 6.10 Å². The van der Waals surface area contributed by atoms with Gasteiger partial charge in [-0.2, -0.15) is 0 Å². The Morgan fingerprint density at radius 3 is 2.65 bits per heavy atom. The maximum Gasteiger partial charge on any atom is 0.191 e. The van der Waals surface area contributed by atoms with Crippen LogP contribution in [0.2, 0.25) is 0 Å². The topological polar surface area (TPSA) is 48.9 Å². The molecule has 0 saturated carbocycles. The van der Waals surface area contributed by atoms with Crippen molar-refractivity contribution in [1.29, 1.82) is 0 Å². The van der Waals surface area contributed by atoms with Gasteiger partial charge in [-0.3, -0.25) is 4.99 Å². The second-order valence-electron chi connectivity index (χ2n) is 6.09. The van der Waals surface area contributed by atoms with Crippen LogP contribution < -0.4 is 15.5 Å². The van der Waals surface area contributed by atoms with Crippen molar-refractivity contribution >= 4 is 11.6 Å². The molecule has 1 aliphatic heterocycles. The molecule has 0 amide bonds. The lowest BCUT2D eigenvalue weighted by molar-refractivity contribution is 0.117. The van der Waals surface area contributed by atoms with E-state index in [1.54, 1.807) is 0 Å². The van der Waals surface area contributed by atoms with Gasteiger partial charge in [0.05, 0.1) is 12.6 Å². The average molecular weight is 318 g/mol. The summed E-state index contributed by atoms with van der Waals surface area (Å²) in [5, 5.41) is 6.70.